The van der Waals surface area contributed by atoms with Crippen LogP contribution in [0, 0.1) is 0 Å². The number of nitrogens with one attached hydrogen (secondary N) is 1. The Morgan fingerprint density at radius 2 is 1.63 bits per heavy atom. The first-order valence-electron chi connectivity index (χ1n) is 10.5. The third kappa shape index (κ3) is 5.61. The van der Waals surface area contributed by atoms with E-state index in [1.165, 1.54) is 22.7 Å². The summed E-state index contributed by atoms with van der Waals surface area (Å²) in [6, 6.07) is 16.1. The average molecular weight is 430 g/mol. The number of likely N-dealkylation sites (tertiary alicyclic amines) is 1. The zero-order valence-electron chi connectivity index (χ0n) is 17.8. The fourth-order valence-electron chi connectivity index (χ4n) is 4.00. The lowest BCUT2D eigenvalue weighted by atomic mass is 10.1. The van der Waals surface area contributed by atoms with Gasteiger partial charge in [0, 0.05) is 13.1 Å². The van der Waals surface area contributed by atoms with Gasteiger partial charge in [-0.05, 0) is 55.6 Å². The molecule has 30 heavy (non-hydrogen) atoms. The van der Waals surface area contributed by atoms with E-state index in [-0.39, 0.29) is 5.91 Å². The van der Waals surface area contributed by atoms with E-state index < -0.39 is 16.1 Å². The van der Waals surface area contributed by atoms with Crippen LogP contribution in [0.5, 0.6) is 0 Å². The molecule has 1 saturated heterocycles. The van der Waals surface area contributed by atoms with Crippen LogP contribution in [0.1, 0.15) is 37.3 Å². The van der Waals surface area contributed by atoms with Crippen LogP contribution in [-0.2, 0) is 27.9 Å². The lowest BCUT2D eigenvalue weighted by Gasteiger charge is -2.30. The van der Waals surface area contributed by atoms with Gasteiger partial charge in [0.2, 0.25) is 15.9 Å². The molecule has 2 aromatic rings. The number of nitrogens with zero attached hydrogens (tertiary/aromatic N) is 2. The quantitative estimate of drug-likeness (QED) is 0.665. The van der Waals surface area contributed by atoms with Crippen LogP contribution >= 0.6 is 0 Å². The zero-order chi connectivity index (χ0) is 21.6. The standard InChI is InChI=1S/C23H31N3O3S/c1-3-22(26(30(2,28)29)21-13-5-4-6-14-21)23(27)24-17-19-11-7-8-12-20(19)18-25-15-9-10-16-25/h4-8,11-14,22H,3,9-10,15-18H2,1-2H3,(H,24,27)/t22-/m0/s1. The second kappa shape index (κ2) is 10.1. The number of para-hydroxylation sites is 1. The number of anilines is 1. The number of carbonyl (C=O) groups excluding carboxylic acids is 1. The summed E-state index contributed by atoms with van der Waals surface area (Å²) in [6.45, 7) is 5.30. The highest BCUT2D eigenvalue weighted by molar-refractivity contribution is 7.92. The molecule has 0 bridgehead atoms. The molecule has 0 aromatic heterocycles. The lowest BCUT2D eigenvalue weighted by Crippen LogP contribution is -2.49. The van der Waals surface area contributed by atoms with Gasteiger partial charge in [-0.25, -0.2) is 8.42 Å². The molecule has 1 amide bonds. The fraction of sp³-hybridized carbons (Fsp3) is 0.435. The number of amides is 1. The highest BCUT2D eigenvalue weighted by atomic mass is 32.2. The maximum atomic E-state index is 13.0. The minimum absolute atomic E-state index is 0.289. The molecule has 3 rings (SSSR count). The van der Waals surface area contributed by atoms with Gasteiger partial charge >= 0.3 is 0 Å². The molecule has 0 spiro atoms. The van der Waals surface area contributed by atoms with Crippen LogP contribution in [0.4, 0.5) is 5.69 Å². The van der Waals surface area contributed by atoms with E-state index in [0.29, 0.717) is 18.7 Å². The Morgan fingerprint density at radius 3 is 2.23 bits per heavy atom. The highest BCUT2D eigenvalue weighted by Crippen LogP contribution is 2.22. The average Bonchev–Trinajstić information content (AvgIpc) is 3.24. The smallest absolute Gasteiger partial charge is 0.244 e. The largest absolute Gasteiger partial charge is 0.350 e. The van der Waals surface area contributed by atoms with Crippen LogP contribution in [0.3, 0.4) is 0 Å². The third-order valence-electron chi connectivity index (χ3n) is 5.50. The number of benzene rings is 2. The molecule has 1 fully saturated rings. The summed E-state index contributed by atoms with van der Waals surface area (Å²) in [6.07, 6.45) is 3.99. The topological polar surface area (TPSA) is 69.7 Å². The fourth-order valence-corrected chi connectivity index (χ4v) is 5.21. The van der Waals surface area contributed by atoms with Crippen molar-refractivity contribution in [3.63, 3.8) is 0 Å². The molecule has 1 aliphatic heterocycles. The van der Waals surface area contributed by atoms with E-state index in [9.17, 15) is 13.2 Å². The molecule has 0 saturated carbocycles. The molecule has 0 radical (unpaired) electrons. The van der Waals surface area contributed by atoms with Gasteiger partial charge < -0.3 is 5.32 Å². The molecule has 2 aromatic carbocycles. The minimum atomic E-state index is -3.62. The van der Waals surface area contributed by atoms with E-state index in [1.807, 2.05) is 31.2 Å². The van der Waals surface area contributed by atoms with Crippen molar-refractivity contribution in [3.8, 4) is 0 Å². The number of rotatable bonds is 9. The highest BCUT2D eigenvalue weighted by Gasteiger charge is 2.31. The Morgan fingerprint density at radius 1 is 1.03 bits per heavy atom. The molecule has 7 heteroatoms. The van der Waals surface area contributed by atoms with Crippen molar-refractivity contribution in [1.29, 1.82) is 0 Å². The van der Waals surface area contributed by atoms with Gasteiger partial charge in [-0.3, -0.25) is 14.0 Å². The van der Waals surface area contributed by atoms with Crippen molar-refractivity contribution in [2.24, 2.45) is 0 Å². The van der Waals surface area contributed by atoms with Crippen LogP contribution in [0.2, 0.25) is 0 Å². The van der Waals surface area contributed by atoms with E-state index in [0.717, 1.165) is 31.5 Å². The van der Waals surface area contributed by atoms with E-state index in [2.05, 4.69) is 16.3 Å². The first kappa shape index (κ1) is 22.3. The van der Waals surface area contributed by atoms with E-state index >= 15 is 0 Å². The third-order valence-corrected chi connectivity index (χ3v) is 6.68. The van der Waals surface area contributed by atoms with Gasteiger partial charge in [0.15, 0.2) is 0 Å². The lowest BCUT2D eigenvalue weighted by molar-refractivity contribution is -0.122. The second-order valence-corrected chi connectivity index (χ2v) is 9.65. The molecule has 1 atom stereocenters. The zero-order valence-corrected chi connectivity index (χ0v) is 18.6. The number of hydrogen-bond donors (Lipinski definition) is 1. The van der Waals surface area contributed by atoms with E-state index in [1.54, 1.807) is 24.3 Å². The molecular formula is C23H31N3O3S. The molecule has 1 aliphatic rings. The molecule has 162 valence electrons. The molecular weight excluding hydrogens is 398 g/mol. The maximum absolute atomic E-state index is 13.0. The van der Waals surface area contributed by atoms with E-state index in [4.69, 9.17) is 0 Å². The summed E-state index contributed by atoms with van der Waals surface area (Å²) in [5.41, 5.74) is 2.77. The molecule has 1 heterocycles. The SMILES string of the molecule is CC[C@@H](C(=O)NCc1ccccc1CN1CCCC1)N(c1ccccc1)S(C)(=O)=O. The van der Waals surface area contributed by atoms with Gasteiger partial charge in [0.05, 0.1) is 11.9 Å². The summed E-state index contributed by atoms with van der Waals surface area (Å²) in [4.78, 5) is 15.5. The number of hydrogen-bond acceptors (Lipinski definition) is 4. The molecule has 0 aliphatic carbocycles. The summed E-state index contributed by atoms with van der Waals surface area (Å²) in [5.74, 6) is -0.289. The predicted molar refractivity (Wildman–Crippen MR) is 121 cm³/mol. The molecule has 0 unspecified atom stereocenters. The Bertz CT molecular complexity index is 941. The van der Waals surface area contributed by atoms with Gasteiger partial charge in [-0.1, -0.05) is 49.4 Å². The number of carbonyl (C=O) groups is 1. The van der Waals surface area contributed by atoms with Gasteiger partial charge in [-0.2, -0.15) is 0 Å². The Balaban J connectivity index is 1.74. The van der Waals surface area contributed by atoms with Crippen molar-refractivity contribution < 1.29 is 13.2 Å². The van der Waals surface area contributed by atoms with Crippen molar-refractivity contribution in [2.75, 3.05) is 23.7 Å². The normalized spacial score (nSPS) is 15.7. The monoisotopic (exact) mass is 429 g/mol. The van der Waals surface area contributed by atoms with Gasteiger partial charge in [0.25, 0.3) is 0 Å². The van der Waals surface area contributed by atoms with Crippen molar-refractivity contribution in [3.05, 3.63) is 65.7 Å². The van der Waals surface area contributed by atoms with Crippen molar-refractivity contribution >= 4 is 21.6 Å². The predicted octanol–water partition coefficient (Wildman–Crippen LogP) is 3.14. The van der Waals surface area contributed by atoms with Crippen LogP contribution < -0.4 is 9.62 Å². The van der Waals surface area contributed by atoms with Gasteiger partial charge in [-0.15, -0.1) is 0 Å². The first-order chi connectivity index (χ1) is 14.4. The van der Waals surface area contributed by atoms with Crippen LogP contribution in [0.25, 0.3) is 0 Å². The summed E-state index contributed by atoms with van der Waals surface area (Å²) in [7, 11) is -3.62. The van der Waals surface area contributed by atoms with Crippen molar-refractivity contribution in [2.45, 2.75) is 45.3 Å². The first-order valence-corrected chi connectivity index (χ1v) is 12.4. The Labute approximate surface area is 179 Å². The van der Waals surface area contributed by atoms with Gasteiger partial charge in [0.1, 0.15) is 6.04 Å². The second-order valence-electron chi connectivity index (χ2n) is 7.79. The minimum Gasteiger partial charge on any atom is -0.350 e. The Kier molecular flexibility index (Phi) is 7.50. The summed E-state index contributed by atoms with van der Waals surface area (Å²) >= 11 is 0. The molecule has 1 N–H and O–H groups in total. The summed E-state index contributed by atoms with van der Waals surface area (Å²) in [5, 5.41) is 2.97. The van der Waals surface area contributed by atoms with Crippen LogP contribution in [-0.4, -0.2) is 44.6 Å². The maximum Gasteiger partial charge on any atom is 0.244 e. The van der Waals surface area contributed by atoms with Crippen molar-refractivity contribution in [1.82, 2.24) is 10.2 Å². The summed E-state index contributed by atoms with van der Waals surface area (Å²) < 4.78 is 26.2. The molecule has 6 nitrogen and oxygen atoms in total. The Hall–Kier alpha value is -2.38. The number of sulfonamides is 1. The van der Waals surface area contributed by atoms with Crippen LogP contribution in [0.15, 0.2) is 54.6 Å².